The summed E-state index contributed by atoms with van der Waals surface area (Å²) < 4.78 is 5.53. The second-order valence-corrected chi connectivity index (χ2v) is 4.20. The summed E-state index contributed by atoms with van der Waals surface area (Å²) in [5, 5.41) is 3.40. The largest absolute Gasteiger partial charge is 0.384 e. The Morgan fingerprint density at radius 2 is 2.15 bits per heavy atom. The van der Waals surface area contributed by atoms with Crippen molar-refractivity contribution in [2.75, 3.05) is 6.61 Å². The number of hydrogen-bond donors (Lipinski definition) is 1. The van der Waals surface area contributed by atoms with Gasteiger partial charge in [-0.2, -0.15) is 0 Å². The molecule has 2 heteroatoms. The van der Waals surface area contributed by atoms with E-state index in [9.17, 15) is 0 Å². The van der Waals surface area contributed by atoms with Crippen LogP contribution < -0.4 is 5.32 Å². The van der Waals surface area contributed by atoms with Crippen molar-refractivity contribution in [1.82, 2.24) is 5.32 Å². The van der Waals surface area contributed by atoms with Crippen molar-refractivity contribution >= 4 is 0 Å². The Balaban J connectivity index is 2.31. The summed E-state index contributed by atoms with van der Waals surface area (Å²) in [6.45, 7) is 11.5. The lowest BCUT2D eigenvalue weighted by Gasteiger charge is -2.23. The summed E-state index contributed by atoms with van der Waals surface area (Å²) in [6.07, 6.45) is 2.54. The van der Waals surface area contributed by atoms with E-state index in [0.29, 0.717) is 12.0 Å². The van der Waals surface area contributed by atoms with Crippen molar-refractivity contribution in [1.29, 1.82) is 0 Å². The Bertz CT molecular complexity index is 171. The fraction of sp³-hybridized carbons (Fsp3) is 0.818. The molecule has 1 aliphatic heterocycles. The van der Waals surface area contributed by atoms with Crippen molar-refractivity contribution in [2.45, 2.75) is 45.8 Å². The molecule has 13 heavy (non-hydrogen) atoms. The fourth-order valence-corrected chi connectivity index (χ4v) is 1.40. The maximum absolute atomic E-state index is 5.53. The highest BCUT2D eigenvalue weighted by molar-refractivity contribution is 5.02. The molecule has 1 fully saturated rings. The first-order valence-electron chi connectivity index (χ1n) is 5.18. The minimum absolute atomic E-state index is 0.251. The smallest absolute Gasteiger partial charge is 0.0964 e. The van der Waals surface area contributed by atoms with Crippen LogP contribution in [-0.2, 0) is 4.74 Å². The SMILES string of the molecule is C=C(N[C@H](C)C(C)C)[C@H]1CCCO1. The summed E-state index contributed by atoms with van der Waals surface area (Å²) in [7, 11) is 0. The Kier molecular flexibility index (Phi) is 3.79. The minimum atomic E-state index is 0.251. The Labute approximate surface area is 81.4 Å². The lowest BCUT2D eigenvalue weighted by atomic mass is 10.1. The summed E-state index contributed by atoms with van der Waals surface area (Å²) in [5.41, 5.74) is 1.05. The van der Waals surface area contributed by atoms with Gasteiger partial charge in [0.2, 0.25) is 0 Å². The van der Waals surface area contributed by atoms with Gasteiger partial charge in [0.1, 0.15) is 0 Å². The summed E-state index contributed by atoms with van der Waals surface area (Å²) >= 11 is 0. The first-order valence-corrected chi connectivity index (χ1v) is 5.18. The third-order valence-corrected chi connectivity index (χ3v) is 2.73. The van der Waals surface area contributed by atoms with Crippen molar-refractivity contribution in [3.63, 3.8) is 0 Å². The van der Waals surface area contributed by atoms with Crippen LogP contribution in [0.1, 0.15) is 33.6 Å². The molecule has 1 aliphatic rings. The van der Waals surface area contributed by atoms with Gasteiger partial charge in [-0.1, -0.05) is 20.4 Å². The molecule has 1 saturated heterocycles. The van der Waals surface area contributed by atoms with Gasteiger partial charge in [0, 0.05) is 18.3 Å². The molecule has 0 bridgehead atoms. The van der Waals surface area contributed by atoms with E-state index >= 15 is 0 Å². The number of rotatable bonds is 4. The minimum Gasteiger partial charge on any atom is -0.384 e. The van der Waals surface area contributed by atoms with Gasteiger partial charge in [0.15, 0.2) is 0 Å². The molecular formula is C11H21NO. The number of hydrogen-bond acceptors (Lipinski definition) is 2. The third kappa shape index (κ3) is 3.03. The van der Waals surface area contributed by atoms with E-state index in [2.05, 4.69) is 32.7 Å². The zero-order valence-electron chi connectivity index (χ0n) is 8.97. The van der Waals surface area contributed by atoms with Gasteiger partial charge < -0.3 is 10.1 Å². The lowest BCUT2D eigenvalue weighted by Crippen LogP contribution is -2.34. The van der Waals surface area contributed by atoms with Gasteiger partial charge in [-0.3, -0.25) is 0 Å². The van der Waals surface area contributed by atoms with Crippen LogP contribution >= 0.6 is 0 Å². The molecule has 0 spiro atoms. The highest BCUT2D eigenvalue weighted by Crippen LogP contribution is 2.18. The molecule has 0 amide bonds. The molecule has 0 aliphatic carbocycles. The van der Waals surface area contributed by atoms with E-state index in [1.54, 1.807) is 0 Å². The van der Waals surface area contributed by atoms with Gasteiger partial charge >= 0.3 is 0 Å². The van der Waals surface area contributed by atoms with Gasteiger partial charge in [-0.25, -0.2) is 0 Å². The van der Waals surface area contributed by atoms with Gasteiger partial charge in [0.05, 0.1) is 6.10 Å². The number of nitrogens with one attached hydrogen (secondary N) is 1. The monoisotopic (exact) mass is 183 g/mol. The average Bonchev–Trinajstić information content (AvgIpc) is 2.55. The van der Waals surface area contributed by atoms with Crippen LogP contribution in [0.2, 0.25) is 0 Å². The van der Waals surface area contributed by atoms with Crippen molar-refractivity contribution < 1.29 is 4.74 Å². The zero-order chi connectivity index (χ0) is 9.84. The van der Waals surface area contributed by atoms with E-state index < -0.39 is 0 Å². The van der Waals surface area contributed by atoms with Crippen LogP contribution in [-0.4, -0.2) is 18.8 Å². The van der Waals surface area contributed by atoms with Crippen LogP contribution in [0.4, 0.5) is 0 Å². The van der Waals surface area contributed by atoms with Gasteiger partial charge in [0.25, 0.3) is 0 Å². The maximum Gasteiger partial charge on any atom is 0.0964 e. The van der Waals surface area contributed by atoms with Crippen molar-refractivity contribution in [3.8, 4) is 0 Å². The van der Waals surface area contributed by atoms with E-state index in [1.807, 2.05) is 0 Å². The molecule has 1 heterocycles. The summed E-state index contributed by atoms with van der Waals surface area (Å²) in [6, 6.07) is 0.483. The molecule has 2 atom stereocenters. The number of ether oxygens (including phenoxy) is 1. The molecule has 0 radical (unpaired) electrons. The first-order chi connectivity index (χ1) is 6.11. The Morgan fingerprint density at radius 3 is 2.62 bits per heavy atom. The lowest BCUT2D eigenvalue weighted by molar-refractivity contribution is 0.129. The normalized spacial score (nSPS) is 24.8. The predicted octanol–water partition coefficient (Wildman–Crippen LogP) is 2.31. The molecule has 0 unspecified atom stereocenters. The quantitative estimate of drug-likeness (QED) is 0.722. The maximum atomic E-state index is 5.53. The van der Waals surface area contributed by atoms with E-state index in [-0.39, 0.29) is 6.10 Å². The molecule has 0 saturated carbocycles. The second-order valence-electron chi connectivity index (χ2n) is 4.20. The van der Waals surface area contributed by atoms with Gasteiger partial charge in [-0.05, 0) is 25.7 Å². The topological polar surface area (TPSA) is 21.3 Å². The summed E-state index contributed by atoms with van der Waals surface area (Å²) in [5.74, 6) is 0.637. The second kappa shape index (κ2) is 4.66. The highest BCUT2D eigenvalue weighted by atomic mass is 16.5. The third-order valence-electron chi connectivity index (χ3n) is 2.73. The van der Waals surface area contributed by atoms with Crippen LogP contribution in [0.5, 0.6) is 0 Å². The van der Waals surface area contributed by atoms with E-state index in [1.165, 1.54) is 6.42 Å². The average molecular weight is 183 g/mol. The molecule has 0 aromatic heterocycles. The standard InChI is InChI=1S/C11H21NO/c1-8(2)9(3)12-10(4)11-6-5-7-13-11/h8-9,11-12H,4-7H2,1-3H3/t9-,11-/m1/s1. The van der Waals surface area contributed by atoms with Crippen LogP contribution in [0, 0.1) is 5.92 Å². The molecule has 76 valence electrons. The molecular weight excluding hydrogens is 162 g/mol. The van der Waals surface area contributed by atoms with E-state index in [4.69, 9.17) is 4.74 Å². The molecule has 0 aromatic rings. The van der Waals surface area contributed by atoms with Crippen LogP contribution in [0.25, 0.3) is 0 Å². The first kappa shape index (κ1) is 10.6. The molecule has 1 rings (SSSR count). The zero-order valence-corrected chi connectivity index (χ0v) is 8.97. The molecule has 0 aromatic carbocycles. The highest BCUT2D eigenvalue weighted by Gasteiger charge is 2.20. The van der Waals surface area contributed by atoms with Gasteiger partial charge in [-0.15, -0.1) is 0 Å². The Hall–Kier alpha value is -0.500. The van der Waals surface area contributed by atoms with Crippen molar-refractivity contribution in [2.24, 2.45) is 5.92 Å². The van der Waals surface area contributed by atoms with Crippen molar-refractivity contribution in [3.05, 3.63) is 12.3 Å². The summed E-state index contributed by atoms with van der Waals surface area (Å²) in [4.78, 5) is 0. The Morgan fingerprint density at radius 1 is 1.46 bits per heavy atom. The molecule has 1 N–H and O–H groups in total. The van der Waals surface area contributed by atoms with Crippen LogP contribution in [0.15, 0.2) is 12.3 Å². The van der Waals surface area contributed by atoms with E-state index in [0.717, 1.165) is 18.7 Å². The fourth-order valence-electron chi connectivity index (χ4n) is 1.40. The molecule has 2 nitrogen and oxygen atoms in total. The predicted molar refractivity (Wildman–Crippen MR) is 55.5 cm³/mol. The van der Waals surface area contributed by atoms with Crippen LogP contribution in [0.3, 0.4) is 0 Å².